The third kappa shape index (κ3) is 1.49. The second-order valence-electron chi connectivity index (χ2n) is 5.74. The van der Waals surface area contributed by atoms with Gasteiger partial charge in [-0.2, -0.15) is 0 Å². The van der Waals surface area contributed by atoms with Crippen molar-refractivity contribution in [2.24, 2.45) is 17.8 Å². The smallest absolute Gasteiger partial charge is 0.0824 e. The van der Waals surface area contributed by atoms with Crippen molar-refractivity contribution in [3.8, 4) is 0 Å². The summed E-state index contributed by atoms with van der Waals surface area (Å²) >= 11 is 0. The summed E-state index contributed by atoms with van der Waals surface area (Å²) in [4.78, 5) is 4.37. The summed E-state index contributed by atoms with van der Waals surface area (Å²) in [5.74, 6) is 2.10. The Balaban J connectivity index is 1.66. The van der Waals surface area contributed by atoms with Crippen LogP contribution in [-0.2, 0) is 0 Å². The van der Waals surface area contributed by atoms with E-state index in [9.17, 15) is 5.11 Å². The molecule has 0 radical (unpaired) electrons. The van der Waals surface area contributed by atoms with Crippen molar-refractivity contribution in [3.63, 3.8) is 0 Å². The molecule has 2 aliphatic rings. The average Bonchev–Trinajstić information content (AvgIpc) is 2.90. The molecule has 1 N–H and O–H groups in total. The molecule has 1 heterocycles. The largest absolute Gasteiger partial charge is 0.388 e. The zero-order chi connectivity index (χ0) is 12.1. The molecule has 4 rings (SSSR count). The summed E-state index contributed by atoms with van der Waals surface area (Å²) in [6, 6.07) is 10.2. The number of hydrogen-bond acceptors (Lipinski definition) is 2. The van der Waals surface area contributed by atoms with Crippen molar-refractivity contribution in [1.82, 2.24) is 4.98 Å². The number of aliphatic hydroxyl groups is 1. The Hall–Kier alpha value is -1.41. The molecule has 3 unspecified atom stereocenters. The SMILES string of the molecule is OC(c1ccc2cccnc2c1)C1C2CCCC21. The fourth-order valence-electron chi connectivity index (χ4n) is 3.83. The molecule has 0 amide bonds. The molecule has 2 saturated carbocycles. The van der Waals surface area contributed by atoms with Gasteiger partial charge in [0.15, 0.2) is 0 Å². The topological polar surface area (TPSA) is 33.1 Å². The number of hydrogen-bond donors (Lipinski definition) is 1. The lowest BCUT2D eigenvalue weighted by Gasteiger charge is -2.13. The first-order valence-corrected chi connectivity index (χ1v) is 6.87. The molecule has 18 heavy (non-hydrogen) atoms. The third-order valence-electron chi connectivity index (χ3n) is 4.81. The minimum atomic E-state index is -0.285. The Bertz CT molecular complexity index is 584. The van der Waals surface area contributed by atoms with Crippen molar-refractivity contribution in [3.05, 3.63) is 42.1 Å². The summed E-state index contributed by atoms with van der Waals surface area (Å²) in [6.07, 6.45) is 5.52. The highest BCUT2D eigenvalue weighted by atomic mass is 16.3. The van der Waals surface area contributed by atoms with Gasteiger partial charge in [0.25, 0.3) is 0 Å². The molecule has 2 nitrogen and oxygen atoms in total. The molecular formula is C16H17NO. The number of aliphatic hydroxyl groups excluding tert-OH is 1. The van der Waals surface area contributed by atoms with E-state index in [-0.39, 0.29) is 6.10 Å². The van der Waals surface area contributed by atoms with Crippen molar-refractivity contribution in [2.75, 3.05) is 0 Å². The maximum atomic E-state index is 10.5. The molecule has 0 aliphatic heterocycles. The molecule has 2 aromatic rings. The number of rotatable bonds is 2. The summed E-state index contributed by atoms with van der Waals surface area (Å²) in [5, 5.41) is 11.6. The first-order chi connectivity index (χ1) is 8.84. The molecule has 2 aliphatic carbocycles. The lowest BCUT2D eigenvalue weighted by atomic mass is 9.98. The second kappa shape index (κ2) is 3.79. The van der Waals surface area contributed by atoms with Crippen molar-refractivity contribution in [2.45, 2.75) is 25.4 Å². The van der Waals surface area contributed by atoms with E-state index in [2.05, 4.69) is 23.2 Å². The van der Waals surface area contributed by atoms with Crippen LogP contribution in [0.5, 0.6) is 0 Å². The summed E-state index contributed by atoms with van der Waals surface area (Å²) in [7, 11) is 0. The van der Waals surface area contributed by atoms with Crippen LogP contribution in [0.2, 0.25) is 0 Å². The van der Waals surface area contributed by atoms with E-state index in [0.717, 1.165) is 28.3 Å². The van der Waals surface area contributed by atoms with Gasteiger partial charge in [-0.05, 0) is 48.3 Å². The third-order valence-corrected chi connectivity index (χ3v) is 4.81. The lowest BCUT2D eigenvalue weighted by Crippen LogP contribution is -2.04. The monoisotopic (exact) mass is 239 g/mol. The van der Waals surface area contributed by atoms with E-state index >= 15 is 0 Å². The summed E-state index contributed by atoms with van der Waals surface area (Å²) in [6.45, 7) is 0. The van der Waals surface area contributed by atoms with E-state index in [1.54, 1.807) is 0 Å². The number of nitrogens with zero attached hydrogens (tertiary/aromatic N) is 1. The quantitative estimate of drug-likeness (QED) is 0.872. The van der Waals surface area contributed by atoms with Crippen molar-refractivity contribution >= 4 is 10.9 Å². The van der Waals surface area contributed by atoms with Crippen LogP contribution in [0.4, 0.5) is 0 Å². The highest BCUT2D eigenvalue weighted by Crippen LogP contribution is 2.62. The standard InChI is InChI=1S/C16H17NO/c18-16(15-12-4-1-5-13(12)15)11-7-6-10-3-2-8-17-14(10)9-11/h2-3,6-9,12-13,15-16,18H,1,4-5H2. The number of pyridine rings is 1. The summed E-state index contributed by atoms with van der Waals surface area (Å²) < 4.78 is 0. The molecule has 0 saturated heterocycles. The van der Waals surface area contributed by atoms with Crippen molar-refractivity contribution in [1.29, 1.82) is 0 Å². The number of aromatic nitrogens is 1. The lowest BCUT2D eigenvalue weighted by molar-refractivity contribution is 0.137. The second-order valence-corrected chi connectivity index (χ2v) is 5.74. The van der Waals surface area contributed by atoms with E-state index in [1.807, 2.05) is 18.3 Å². The summed E-state index contributed by atoms with van der Waals surface area (Å²) in [5.41, 5.74) is 2.03. The normalized spacial score (nSPS) is 31.3. The highest BCUT2D eigenvalue weighted by molar-refractivity contribution is 5.78. The molecular weight excluding hydrogens is 222 g/mol. The van der Waals surface area contributed by atoms with Gasteiger partial charge < -0.3 is 5.11 Å². The van der Waals surface area contributed by atoms with Crippen LogP contribution in [0.25, 0.3) is 10.9 Å². The fraction of sp³-hybridized carbons (Fsp3) is 0.438. The first kappa shape index (κ1) is 10.5. The van der Waals surface area contributed by atoms with Gasteiger partial charge in [-0.1, -0.05) is 24.6 Å². The van der Waals surface area contributed by atoms with Crippen LogP contribution >= 0.6 is 0 Å². The molecule has 2 fully saturated rings. The van der Waals surface area contributed by atoms with Gasteiger partial charge in [0.1, 0.15) is 0 Å². The predicted molar refractivity (Wildman–Crippen MR) is 71.0 cm³/mol. The van der Waals surface area contributed by atoms with Crippen molar-refractivity contribution < 1.29 is 5.11 Å². The first-order valence-electron chi connectivity index (χ1n) is 6.87. The van der Waals surface area contributed by atoms with Crippen LogP contribution in [0.15, 0.2) is 36.5 Å². The zero-order valence-corrected chi connectivity index (χ0v) is 10.3. The molecule has 1 aromatic carbocycles. The molecule has 92 valence electrons. The van der Waals surface area contributed by atoms with Gasteiger partial charge in [-0.25, -0.2) is 0 Å². The van der Waals surface area contributed by atoms with E-state index in [1.165, 1.54) is 19.3 Å². The van der Waals surface area contributed by atoms with E-state index in [4.69, 9.17) is 0 Å². The van der Waals surface area contributed by atoms with Gasteiger partial charge in [0.2, 0.25) is 0 Å². The molecule has 0 bridgehead atoms. The molecule has 1 aromatic heterocycles. The molecule has 3 atom stereocenters. The molecule has 2 heteroatoms. The van der Waals surface area contributed by atoms with Gasteiger partial charge in [-0.3, -0.25) is 4.98 Å². The minimum Gasteiger partial charge on any atom is -0.388 e. The Morgan fingerprint density at radius 3 is 2.83 bits per heavy atom. The maximum absolute atomic E-state index is 10.5. The van der Waals surface area contributed by atoms with Gasteiger partial charge in [-0.15, -0.1) is 0 Å². The number of benzene rings is 1. The Kier molecular flexibility index (Phi) is 2.21. The van der Waals surface area contributed by atoms with Gasteiger partial charge in [0, 0.05) is 11.6 Å². The minimum absolute atomic E-state index is 0.285. The Morgan fingerprint density at radius 1 is 1.17 bits per heavy atom. The van der Waals surface area contributed by atoms with Crippen LogP contribution in [0.3, 0.4) is 0 Å². The van der Waals surface area contributed by atoms with Crippen LogP contribution in [0, 0.1) is 17.8 Å². The van der Waals surface area contributed by atoms with E-state index in [0.29, 0.717) is 5.92 Å². The fourth-order valence-corrected chi connectivity index (χ4v) is 3.83. The van der Waals surface area contributed by atoms with E-state index < -0.39 is 0 Å². The molecule has 0 spiro atoms. The van der Waals surface area contributed by atoms with Crippen LogP contribution in [-0.4, -0.2) is 10.1 Å². The highest BCUT2D eigenvalue weighted by Gasteiger charge is 2.55. The Labute approximate surface area is 107 Å². The van der Waals surface area contributed by atoms with Crippen LogP contribution < -0.4 is 0 Å². The van der Waals surface area contributed by atoms with Gasteiger partial charge in [0.05, 0.1) is 11.6 Å². The van der Waals surface area contributed by atoms with Gasteiger partial charge >= 0.3 is 0 Å². The number of fused-ring (bicyclic) bond motifs is 2. The zero-order valence-electron chi connectivity index (χ0n) is 10.3. The average molecular weight is 239 g/mol. The Morgan fingerprint density at radius 2 is 2.00 bits per heavy atom. The van der Waals surface area contributed by atoms with Crippen LogP contribution in [0.1, 0.15) is 30.9 Å². The maximum Gasteiger partial charge on any atom is 0.0824 e. The predicted octanol–water partition coefficient (Wildman–Crippen LogP) is 3.31.